The molecule has 1 aromatic carbocycles. The van der Waals surface area contributed by atoms with E-state index in [9.17, 15) is 4.79 Å². The summed E-state index contributed by atoms with van der Waals surface area (Å²) in [6.07, 6.45) is 3.49. The van der Waals surface area contributed by atoms with Crippen molar-refractivity contribution in [3.05, 3.63) is 58.7 Å². The predicted octanol–water partition coefficient (Wildman–Crippen LogP) is 2.22. The third kappa shape index (κ3) is 2.88. The number of benzene rings is 1. The number of ether oxygens (including phenoxy) is 1. The minimum Gasteiger partial charge on any atom is -0.466 e. The van der Waals surface area contributed by atoms with Gasteiger partial charge in [0.15, 0.2) is 0 Å². The topological polar surface area (TPSA) is 55.6 Å². The van der Waals surface area contributed by atoms with Crippen LogP contribution >= 0.6 is 11.6 Å². The number of methoxy groups -OCH3 is 1. The highest BCUT2D eigenvalue weighted by molar-refractivity contribution is 6.31. The highest BCUT2D eigenvalue weighted by Crippen LogP contribution is 2.38. The molecular formula is C16H19ClN2O2. The summed E-state index contributed by atoms with van der Waals surface area (Å²) in [5.41, 5.74) is 6.66. The summed E-state index contributed by atoms with van der Waals surface area (Å²) in [4.78, 5) is 13.8. The zero-order valence-electron chi connectivity index (χ0n) is 12.3. The molecule has 2 rings (SSSR count). The first-order valence-corrected chi connectivity index (χ1v) is 6.98. The number of hydrogen-bond donors (Lipinski definition) is 1. The van der Waals surface area contributed by atoms with Crippen molar-refractivity contribution >= 4 is 17.6 Å². The molecule has 21 heavy (non-hydrogen) atoms. The SMILES string of the molecule is COC(=O)C1=CC(c2ccccc2)C(Cl)=CC1(N)N(C)C. The van der Waals surface area contributed by atoms with Gasteiger partial charge in [-0.3, -0.25) is 4.90 Å². The second-order valence-corrected chi connectivity index (χ2v) is 5.65. The lowest BCUT2D eigenvalue weighted by Gasteiger charge is -2.38. The molecule has 1 aliphatic carbocycles. The highest BCUT2D eigenvalue weighted by Gasteiger charge is 2.40. The fraction of sp³-hybridized carbons (Fsp3) is 0.312. The van der Waals surface area contributed by atoms with E-state index in [0.29, 0.717) is 10.6 Å². The summed E-state index contributed by atoms with van der Waals surface area (Å²) >= 11 is 6.42. The third-order valence-electron chi connectivity index (χ3n) is 3.72. The Morgan fingerprint density at radius 1 is 1.33 bits per heavy atom. The Bertz CT molecular complexity index is 596. The highest BCUT2D eigenvalue weighted by atomic mass is 35.5. The maximum atomic E-state index is 12.1. The summed E-state index contributed by atoms with van der Waals surface area (Å²) in [6, 6.07) is 9.72. The van der Waals surface area contributed by atoms with Crippen molar-refractivity contribution in [2.45, 2.75) is 11.6 Å². The van der Waals surface area contributed by atoms with Crippen LogP contribution in [0.2, 0.25) is 0 Å². The zero-order valence-corrected chi connectivity index (χ0v) is 13.1. The molecule has 0 bridgehead atoms. The fourth-order valence-electron chi connectivity index (χ4n) is 2.38. The Balaban J connectivity index is 2.53. The number of halogens is 1. The van der Waals surface area contributed by atoms with Crippen LogP contribution in [0, 0.1) is 0 Å². The van der Waals surface area contributed by atoms with Gasteiger partial charge in [-0.05, 0) is 25.7 Å². The number of likely N-dealkylation sites (N-methyl/N-ethyl adjacent to an activating group) is 1. The molecule has 0 saturated heterocycles. The van der Waals surface area contributed by atoms with Crippen LogP contribution < -0.4 is 5.73 Å². The Kier molecular flexibility index (Phi) is 4.52. The Labute approximate surface area is 129 Å². The van der Waals surface area contributed by atoms with Crippen molar-refractivity contribution in [2.75, 3.05) is 21.2 Å². The molecule has 2 N–H and O–H groups in total. The molecule has 0 aliphatic heterocycles. The maximum Gasteiger partial charge on any atom is 0.337 e. The van der Waals surface area contributed by atoms with Gasteiger partial charge < -0.3 is 10.5 Å². The van der Waals surface area contributed by atoms with Gasteiger partial charge in [-0.1, -0.05) is 48.0 Å². The number of rotatable bonds is 3. The molecule has 112 valence electrons. The van der Waals surface area contributed by atoms with E-state index < -0.39 is 11.6 Å². The van der Waals surface area contributed by atoms with Crippen molar-refractivity contribution in [3.63, 3.8) is 0 Å². The van der Waals surface area contributed by atoms with E-state index in [0.717, 1.165) is 5.56 Å². The van der Waals surface area contributed by atoms with Gasteiger partial charge in [-0.25, -0.2) is 4.79 Å². The monoisotopic (exact) mass is 306 g/mol. The molecule has 0 radical (unpaired) electrons. The lowest BCUT2D eigenvalue weighted by atomic mass is 9.84. The Hall–Kier alpha value is -1.62. The van der Waals surface area contributed by atoms with Gasteiger partial charge in [-0.2, -0.15) is 0 Å². The molecule has 0 fully saturated rings. The normalized spacial score (nSPS) is 25.3. The number of hydrogen-bond acceptors (Lipinski definition) is 4. The van der Waals surface area contributed by atoms with E-state index in [1.54, 1.807) is 31.1 Å². The van der Waals surface area contributed by atoms with E-state index in [4.69, 9.17) is 22.1 Å². The molecule has 4 nitrogen and oxygen atoms in total. The van der Waals surface area contributed by atoms with Crippen LogP contribution in [0.3, 0.4) is 0 Å². The van der Waals surface area contributed by atoms with E-state index >= 15 is 0 Å². The van der Waals surface area contributed by atoms with E-state index in [1.807, 2.05) is 30.3 Å². The number of allylic oxidation sites excluding steroid dienone is 2. The molecule has 0 amide bonds. The predicted molar refractivity (Wildman–Crippen MR) is 83.8 cm³/mol. The van der Waals surface area contributed by atoms with Crippen LogP contribution in [0.25, 0.3) is 0 Å². The minimum atomic E-state index is -1.07. The van der Waals surface area contributed by atoms with E-state index in [1.165, 1.54) is 7.11 Å². The van der Waals surface area contributed by atoms with Crippen LogP contribution in [0.1, 0.15) is 11.5 Å². The third-order valence-corrected chi connectivity index (χ3v) is 4.07. The van der Waals surface area contributed by atoms with E-state index in [2.05, 4.69) is 0 Å². The van der Waals surface area contributed by atoms with Gasteiger partial charge in [0.05, 0.1) is 12.7 Å². The van der Waals surface area contributed by atoms with Gasteiger partial charge in [0.25, 0.3) is 0 Å². The number of carbonyl (C=O) groups excluding carboxylic acids is 1. The molecule has 0 saturated carbocycles. The smallest absolute Gasteiger partial charge is 0.337 e. The van der Waals surface area contributed by atoms with Gasteiger partial charge in [-0.15, -0.1) is 0 Å². The molecule has 5 heteroatoms. The Morgan fingerprint density at radius 3 is 2.48 bits per heavy atom. The van der Waals surface area contributed by atoms with Crippen molar-refractivity contribution in [1.82, 2.24) is 4.90 Å². The number of esters is 1. The fourth-order valence-corrected chi connectivity index (χ4v) is 2.74. The summed E-state index contributed by atoms with van der Waals surface area (Å²) < 4.78 is 4.87. The summed E-state index contributed by atoms with van der Waals surface area (Å²) in [7, 11) is 4.93. The first-order chi connectivity index (χ1) is 9.90. The molecule has 2 unspecified atom stereocenters. The molecule has 2 atom stereocenters. The average molecular weight is 307 g/mol. The maximum absolute atomic E-state index is 12.1. The quantitative estimate of drug-likeness (QED) is 0.687. The zero-order chi connectivity index (χ0) is 15.6. The number of carbonyl (C=O) groups is 1. The largest absolute Gasteiger partial charge is 0.466 e. The average Bonchev–Trinajstić information content (AvgIpc) is 2.47. The first-order valence-electron chi connectivity index (χ1n) is 6.60. The minimum absolute atomic E-state index is 0.196. The molecule has 0 spiro atoms. The molecule has 0 aromatic heterocycles. The van der Waals surface area contributed by atoms with Crippen LogP contribution in [0.4, 0.5) is 0 Å². The standard InChI is InChI=1S/C16H19ClN2O2/c1-19(2)16(18)10-14(17)12(9-13(16)15(20)21-3)11-7-5-4-6-8-11/h4-10,12H,18H2,1-3H3. The van der Waals surface area contributed by atoms with Gasteiger partial charge >= 0.3 is 5.97 Å². The van der Waals surface area contributed by atoms with Gasteiger partial charge in [0.2, 0.25) is 0 Å². The summed E-state index contributed by atoms with van der Waals surface area (Å²) in [6.45, 7) is 0. The van der Waals surface area contributed by atoms with Gasteiger partial charge in [0.1, 0.15) is 5.66 Å². The van der Waals surface area contributed by atoms with Crippen molar-refractivity contribution < 1.29 is 9.53 Å². The van der Waals surface area contributed by atoms with Crippen LogP contribution in [0.15, 0.2) is 53.1 Å². The number of nitrogens with zero attached hydrogens (tertiary/aromatic N) is 1. The van der Waals surface area contributed by atoms with Crippen LogP contribution in [-0.4, -0.2) is 37.7 Å². The summed E-state index contributed by atoms with van der Waals surface area (Å²) in [5.74, 6) is -0.647. The number of nitrogens with two attached hydrogens (primary N) is 1. The first kappa shape index (κ1) is 15.8. The van der Waals surface area contributed by atoms with Crippen molar-refractivity contribution in [2.24, 2.45) is 5.73 Å². The van der Waals surface area contributed by atoms with Crippen molar-refractivity contribution in [3.8, 4) is 0 Å². The molecular weight excluding hydrogens is 288 g/mol. The molecule has 1 aliphatic rings. The van der Waals surface area contributed by atoms with E-state index in [-0.39, 0.29) is 5.92 Å². The van der Waals surface area contributed by atoms with Gasteiger partial charge in [0, 0.05) is 11.0 Å². The second kappa shape index (κ2) is 6.02. The van der Waals surface area contributed by atoms with Crippen LogP contribution in [-0.2, 0) is 9.53 Å². The van der Waals surface area contributed by atoms with Crippen LogP contribution in [0.5, 0.6) is 0 Å². The Morgan fingerprint density at radius 2 is 1.95 bits per heavy atom. The van der Waals surface area contributed by atoms with Crippen molar-refractivity contribution in [1.29, 1.82) is 0 Å². The lowest BCUT2D eigenvalue weighted by molar-refractivity contribution is -0.137. The summed E-state index contributed by atoms with van der Waals surface area (Å²) in [5, 5.41) is 0.588. The second-order valence-electron chi connectivity index (χ2n) is 5.21. The lowest BCUT2D eigenvalue weighted by Crippen LogP contribution is -2.55. The molecule has 0 heterocycles. The molecule has 1 aromatic rings.